The first-order chi connectivity index (χ1) is 9.11. The molecular weight excluding hydrogens is 246 g/mol. The number of amides is 1. The Morgan fingerprint density at radius 1 is 1.42 bits per heavy atom. The molecule has 0 unspecified atom stereocenters. The molecule has 0 radical (unpaired) electrons. The molecule has 0 aliphatic carbocycles. The Balaban J connectivity index is 2.20. The van der Waals surface area contributed by atoms with Gasteiger partial charge in [0, 0.05) is 11.9 Å². The highest BCUT2D eigenvalue weighted by Gasteiger charge is 2.12. The normalized spacial score (nSPS) is 9.95. The SMILES string of the molecule is COc1ccc(NC(=O)c2ncccc2O)cc1N. The maximum Gasteiger partial charge on any atom is 0.278 e. The van der Waals surface area contributed by atoms with Crippen LogP contribution in [0.4, 0.5) is 11.4 Å². The highest BCUT2D eigenvalue weighted by atomic mass is 16.5. The number of nitrogens with zero attached hydrogens (tertiary/aromatic N) is 1. The van der Waals surface area contributed by atoms with Crippen LogP contribution in [0, 0.1) is 0 Å². The zero-order valence-corrected chi connectivity index (χ0v) is 10.3. The van der Waals surface area contributed by atoms with Crippen molar-refractivity contribution in [3.63, 3.8) is 0 Å². The maximum atomic E-state index is 11.9. The molecule has 0 aliphatic heterocycles. The minimum Gasteiger partial charge on any atom is -0.505 e. The van der Waals surface area contributed by atoms with Gasteiger partial charge in [0.05, 0.1) is 12.8 Å². The summed E-state index contributed by atoms with van der Waals surface area (Å²) in [6.45, 7) is 0. The Morgan fingerprint density at radius 2 is 2.21 bits per heavy atom. The van der Waals surface area contributed by atoms with Crippen LogP contribution in [0.5, 0.6) is 11.5 Å². The quantitative estimate of drug-likeness (QED) is 0.728. The number of carbonyl (C=O) groups excluding carboxylic acids is 1. The van der Waals surface area contributed by atoms with Gasteiger partial charge in [-0.3, -0.25) is 4.79 Å². The minimum absolute atomic E-state index is 0.0445. The number of rotatable bonds is 3. The number of pyridine rings is 1. The molecule has 1 heterocycles. The van der Waals surface area contributed by atoms with E-state index in [1.807, 2.05) is 0 Å². The fourth-order valence-corrected chi connectivity index (χ4v) is 1.57. The smallest absolute Gasteiger partial charge is 0.278 e. The van der Waals surface area contributed by atoms with Gasteiger partial charge in [0.25, 0.3) is 5.91 Å². The van der Waals surface area contributed by atoms with Crippen molar-refractivity contribution in [1.82, 2.24) is 4.98 Å². The van der Waals surface area contributed by atoms with Crippen molar-refractivity contribution in [1.29, 1.82) is 0 Å². The van der Waals surface area contributed by atoms with Gasteiger partial charge < -0.3 is 20.9 Å². The van der Waals surface area contributed by atoms with Crippen LogP contribution >= 0.6 is 0 Å². The van der Waals surface area contributed by atoms with Crippen molar-refractivity contribution in [2.75, 3.05) is 18.2 Å². The van der Waals surface area contributed by atoms with Crippen molar-refractivity contribution >= 4 is 17.3 Å². The lowest BCUT2D eigenvalue weighted by atomic mass is 10.2. The van der Waals surface area contributed by atoms with Gasteiger partial charge in [-0.05, 0) is 30.3 Å². The Labute approximate surface area is 109 Å². The average molecular weight is 259 g/mol. The first-order valence-corrected chi connectivity index (χ1v) is 5.50. The molecule has 0 aliphatic rings. The summed E-state index contributed by atoms with van der Waals surface area (Å²) in [7, 11) is 1.51. The summed E-state index contributed by atoms with van der Waals surface area (Å²) < 4.78 is 5.02. The fraction of sp³-hybridized carbons (Fsp3) is 0.0769. The van der Waals surface area contributed by atoms with Crippen LogP contribution in [0.1, 0.15) is 10.5 Å². The number of aromatic nitrogens is 1. The third kappa shape index (κ3) is 2.74. The number of aromatic hydroxyl groups is 1. The Hall–Kier alpha value is -2.76. The summed E-state index contributed by atoms with van der Waals surface area (Å²) in [4.78, 5) is 15.7. The summed E-state index contributed by atoms with van der Waals surface area (Å²) in [6.07, 6.45) is 1.43. The van der Waals surface area contributed by atoms with Crippen LogP contribution in [0.2, 0.25) is 0 Å². The standard InChI is InChI=1S/C13H13N3O3/c1-19-11-5-4-8(7-9(11)14)16-13(18)12-10(17)3-2-6-15-12/h2-7,17H,14H2,1H3,(H,16,18). The molecule has 0 bridgehead atoms. The second kappa shape index (κ2) is 5.26. The Morgan fingerprint density at radius 3 is 2.84 bits per heavy atom. The molecule has 1 amide bonds. The van der Waals surface area contributed by atoms with Gasteiger partial charge in [-0.25, -0.2) is 4.98 Å². The first-order valence-electron chi connectivity index (χ1n) is 5.50. The van der Waals surface area contributed by atoms with Crippen LogP contribution in [-0.2, 0) is 0 Å². The van der Waals surface area contributed by atoms with Gasteiger partial charge in [0.15, 0.2) is 5.69 Å². The van der Waals surface area contributed by atoms with E-state index in [-0.39, 0.29) is 11.4 Å². The van der Waals surface area contributed by atoms with Crippen molar-refractivity contribution in [3.8, 4) is 11.5 Å². The van der Waals surface area contributed by atoms with Crippen molar-refractivity contribution < 1.29 is 14.6 Å². The summed E-state index contributed by atoms with van der Waals surface area (Å²) >= 11 is 0. The fourth-order valence-electron chi connectivity index (χ4n) is 1.57. The molecule has 0 saturated heterocycles. The average Bonchev–Trinajstić information content (AvgIpc) is 2.39. The van der Waals surface area contributed by atoms with Gasteiger partial charge in [0.1, 0.15) is 11.5 Å². The molecule has 1 aromatic carbocycles. The lowest BCUT2D eigenvalue weighted by Crippen LogP contribution is -2.13. The lowest BCUT2D eigenvalue weighted by Gasteiger charge is -2.09. The molecule has 0 atom stereocenters. The van der Waals surface area contributed by atoms with E-state index >= 15 is 0 Å². The molecule has 4 N–H and O–H groups in total. The number of nitrogen functional groups attached to an aromatic ring is 1. The molecular formula is C13H13N3O3. The summed E-state index contributed by atoms with van der Waals surface area (Å²) in [6, 6.07) is 7.79. The Bertz CT molecular complexity index is 614. The largest absolute Gasteiger partial charge is 0.505 e. The second-order valence-corrected chi connectivity index (χ2v) is 3.78. The van der Waals surface area contributed by atoms with Crippen LogP contribution in [0.3, 0.4) is 0 Å². The third-order valence-corrected chi connectivity index (χ3v) is 2.49. The highest BCUT2D eigenvalue weighted by molar-refractivity contribution is 6.04. The van der Waals surface area contributed by atoms with E-state index in [0.717, 1.165) is 0 Å². The molecule has 2 aromatic rings. The van der Waals surface area contributed by atoms with Crippen molar-refractivity contribution in [2.45, 2.75) is 0 Å². The van der Waals surface area contributed by atoms with E-state index in [2.05, 4.69) is 10.3 Å². The zero-order chi connectivity index (χ0) is 13.8. The molecule has 6 heteroatoms. The minimum atomic E-state index is -0.511. The van der Waals surface area contributed by atoms with Crippen LogP contribution < -0.4 is 15.8 Å². The van der Waals surface area contributed by atoms with E-state index in [1.54, 1.807) is 18.2 Å². The second-order valence-electron chi connectivity index (χ2n) is 3.78. The highest BCUT2D eigenvalue weighted by Crippen LogP contribution is 2.25. The predicted octanol–water partition coefficient (Wildman–Crippen LogP) is 1.63. The number of carbonyl (C=O) groups is 1. The van der Waals surface area contributed by atoms with Gasteiger partial charge >= 0.3 is 0 Å². The van der Waals surface area contributed by atoms with E-state index < -0.39 is 5.91 Å². The van der Waals surface area contributed by atoms with Crippen LogP contribution in [0.25, 0.3) is 0 Å². The van der Waals surface area contributed by atoms with Gasteiger partial charge in [0.2, 0.25) is 0 Å². The topological polar surface area (TPSA) is 97.5 Å². The number of anilines is 2. The molecule has 2 rings (SSSR count). The number of methoxy groups -OCH3 is 1. The lowest BCUT2D eigenvalue weighted by molar-refractivity contribution is 0.101. The van der Waals surface area contributed by atoms with Gasteiger partial charge in [-0.2, -0.15) is 0 Å². The molecule has 98 valence electrons. The number of hydrogen-bond acceptors (Lipinski definition) is 5. The van der Waals surface area contributed by atoms with Crippen molar-refractivity contribution in [3.05, 3.63) is 42.2 Å². The van der Waals surface area contributed by atoms with E-state index in [9.17, 15) is 9.90 Å². The van der Waals surface area contributed by atoms with Crippen LogP contribution in [-0.4, -0.2) is 23.1 Å². The molecule has 0 spiro atoms. The first kappa shape index (κ1) is 12.7. The molecule has 6 nitrogen and oxygen atoms in total. The third-order valence-electron chi connectivity index (χ3n) is 2.49. The summed E-state index contributed by atoms with van der Waals surface area (Å²) in [5, 5.41) is 12.1. The summed E-state index contributed by atoms with van der Waals surface area (Å²) in [5.41, 5.74) is 6.59. The number of hydrogen-bond donors (Lipinski definition) is 3. The predicted molar refractivity (Wildman–Crippen MR) is 71.3 cm³/mol. The number of nitrogens with two attached hydrogens (primary N) is 1. The molecule has 0 fully saturated rings. The number of ether oxygens (including phenoxy) is 1. The van der Waals surface area contributed by atoms with Gasteiger partial charge in [-0.1, -0.05) is 0 Å². The molecule has 1 aromatic heterocycles. The maximum absolute atomic E-state index is 11.9. The van der Waals surface area contributed by atoms with Crippen molar-refractivity contribution in [2.24, 2.45) is 0 Å². The van der Waals surface area contributed by atoms with Gasteiger partial charge in [-0.15, -0.1) is 0 Å². The van der Waals surface area contributed by atoms with E-state index in [4.69, 9.17) is 10.5 Å². The molecule has 0 saturated carbocycles. The molecule has 19 heavy (non-hydrogen) atoms. The monoisotopic (exact) mass is 259 g/mol. The van der Waals surface area contributed by atoms with Crippen LogP contribution in [0.15, 0.2) is 36.5 Å². The number of benzene rings is 1. The summed E-state index contributed by atoms with van der Waals surface area (Å²) in [5.74, 6) is -0.164. The number of nitrogens with one attached hydrogen (secondary N) is 1. The van der Waals surface area contributed by atoms with E-state index in [1.165, 1.54) is 25.4 Å². The zero-order valence-electron chi connectivity index (χ0n) is 10.3. The Kier molecular flexibility index (Phi) is 3.51. The van der Waals surface area contributed by atoms with E-state index in [0.29, 0.717) is 17.1 Å².